The van der Waals surface area contributed by atoms with Crippen molar-refractivity contribution in [1.29, 1.82) is 0 Å². The van der Waals surface area contributed by atoms with E-state index in [1.807, 2.05) is 29.8 Å². The summed E-state index contributed by atoms with van der Waals surface area (Å²) in [5, 5.41) is 26.7. The van der Waals surface area contributed by atoms with E-state index in [-0.39, 0.29) is 31.1 Å². The third-order valence-corrected chi connectivity index (χ3v) is 10.5. The number of halogens is 3. The topological polar surface area (TPSA) is 130 Å². The van der Waals surface area contributed by atoms with Crippen molar-refractivity contribution >= 4 is 18.0 Å². The fourth-order valence-electron chi connectivity index (χ4n) is 8.37. The number of aromatic hydroxyl groups is 1. The van der Waals surface area contributed by atoms with Crippen LogP contribution in [0.25, 0.3) is 6.08 Å². The van der Waals surface area contributed by atoms with Gasteiger partial charge in [-0.25, -0.2) is 0 Å². The number of aliphatic hydroxyl groups is 1. The van der Waals surface area contributed by atoms with Crippen LogP contribution in [0.4, 0.5) is 13.2 Å². The molecule has 0 aromatic heterocycles. The number of fused-ring (bicyclic) bond motifs is 9. The Morgan fingerprint density at radius 1 is 1.08 bits per heavy atom. The number of carbonyl (C=O) groups excluding carboxylic acids is 2. The minimum Gasteiger partial charge on any atom is -0.504 e. The third-order valence-electron chi connectivity index (χ3n) is 10.5. The van der Waals surface area contributed by atoms with Crippen molar-refractivity contribution in [3.63, 3.8) is 0 Å². The molecule has 3 aromatic rings. The zero-order chi connectivity index (χ0) is 36.5. The van der Waals surface area contributed by atoms with E-state index in [4.69, 9.17) is 18.9 Å². The average Bonchev–Trinajstić information content (AvgIpc) is 3.57. The molecule has 1 fully saturated rings. The summed E-state index contributed by atoms with van der Waals surface area (Å²) >= 11 is 0. The van der Waals surface area contributed by atoms with Crippen LogP contribution in [0.2, 0.25) is 0 Å². The van der Waals surface area contributed by atoms with Gasteiger partial charge in [0.1, 0.15) is 12.0 Å². The van der Waals surface area contributed by atoms with Crippen molar-refractivity contribution in [2.45, 2.75) is 70.2 Å². The van der Waals surface area contributed by atoms with Crippen LogP contribution < -0.4 is 24.3 Å². The second kappa shape index (κ2) is 12.8. The van der Waals surface area contributed by atoms with Crippen LogP contribution in [-0.2, 0) is 28.6 Å². The molecule has 0 saturated carbocycles. The maximum absolute atomic E-state index is 13.3. The summed E-state index contributed by atoms with van der Waals surface area (Å²) in [4.78, 5) is 29.7. The third kappa shape index (κ3) is 5.75. The number of hydrogen-bond acceptors (Lipinski definition) is 10. The molecular formula is C37H38F3N3O8. The Balaban J connectivity index is 1.33. The van der Waals surface area contributed by atoms with Crippen molar-refractivity contribution in [3.8, 4) is 28.7 Å². The number of alkyl halides is 3. The minimum absolute atomic E-state index is 0.0107. The smallest absolute Gasteiger partial charge is 0.416 e. The van der Waals surface area contributed by atoms with Gasteiger partial charge in [0.25, 0.3) is 0 Å². The molecule has 0 unspecified atom stereocenters. The van der Waals surface area contributed by atoms with E-state index in [2.05, 4.69) is 5.32 Å². The molecule has 5 atom stereocenters. The summed E-state index contributed by atoms with van der Waals surface area (Å²) in [5.74, 6) is 0.325. The Bertz CT molecular complexity index is 1960. The van der Waals surface area contributed by atoms with Crippen LogP contribution in [0.15, 0.2) is 36.4 Å². The number of likely N-dealkylation sites (N-methyl/N-ethyl adjacent to an activating group) is 1. The van der Waals surface area contributed by atoms with Gasteiger partial charge in [-0.15, -0.1) is 0 Å². The van der Waals surface area contributed by atoms with Crippen molar-refractivity contribution in [2.75, 3.05) is 27.5 Å². The van der Waals surface area contributed by atoms with Gasteiger partial charge >= 0.3 is 12.1 Å². The van der Waals surface area contributed by atoms with Gasteiger partial charge in [0.15, 0.2) is 23.0 Å². The van der Waals surface area contributed by atoms with Crippen molar-refractivity contribution in [1.82, 2.24) is 15.1 Å². The average molecular weight is 710 g/mol. The van der Waals surface area contributed by atoms with Crippen LogP contribution in [0.1, 0.15) is 63.5 Å². The van der Waals surface area contributed by atoms with E-state index in [1.165, 1.54) is 32.2 Å². The van der Waals surface area contributed by atoms with Crippen molar-refractivity contribution in [3.05, 3.63) is 80.9 Å². The predicted molar refractivity (Wildman–Crippen MR) is 178 cm³/mol. The highest BCUT2D eigenvalue weighted by molar-refractivity contribution is 5.91. The van der Waals surface area contributed by atoms with E-state index in [0.717, 1.165) is 29.3 Å². The molecule has 3 aromatic carbocycles. The lowest BCUT2D eigenvalue weighted by Crippen LogP contribution is -2.69. The first kappa shape index (κ1) is 34.6. The number of piperazine rings is 1. The van der Waals surface area contributed by atoms with Crippen LogP contribution in [0.3, 0.4) is 0 Å². The molecular weight excluding hydrogens is 671 g/mol. The summed E-state index contributed by atoms with van der Waals surface area (Å²) in [5.41, 5.74) is 3.45. The fraction of sp³-hybridized carbons (Fsp3) is 0.405. The molecule has 0 aliphatic carbocycles. The number of aryl methyl sites for hydroxylation is 1. The molecule has 7 rings (SSSR count). The lowest BCUT2D eigenvalue weighted by molar-refractivity contribution is -0.172. The van der Waals surface area contributed by atoms with Crippen molar-refractivity contribution < 1.29 is 51.9 Å². The Morgan fingerprint density at radius 2 is 1.82 bits per heavy atom. The summed E-state index contributed by atoms with van der Waals surface area (Å²) in [7, 11) is 3.39. The standard InChI is InChI=1S/C37H38F3N3O8/c1-17-11-21-13-25-36(47)43-24(30(42(25)4)28(21)31(46)32(17)48-5)14-23-29(35-34(49-16-50-35)18(2)33(23)51-19(3)44)26(43)15-41-27(45)10-9-20-7-6-8-22(12-20)37(38,39)40/h6-12,24-26,30,36,46-47H,13-16H2,1-5H3,(H,41,45)/b10-9+/t24-,25-,26-,30-,36-/m0/s1. The highest BCUT2D eigenvalue weighted by atomic mass is 19.4. The second-order valence-electron chi connectivity index (χ2n) is 13.4. The molecule has 3 N–H and O–H groups in total. The maximum atomic E-state index is 13.3. The zero-order valence-corrected chi connectivity index (χ0v) is 28.6. The molecule has 51 heavy (non-hydrogen) atoms. The Labute approximate surface area is 292 Å². The predicted octanol–water partition coefficient (Wildman–Crippen LogP) is 4.72. The normalized spacial score (nSPS) is 23.7. The van der Waals surface area contributed by atoms with Crippen LogP contribution in [0.5, 0.6) is 28.7 Å². The Morgan fingerprint density at radius 3 is 2.53 bits per heavy atom. The van der Waals surface area contributed by atoms with Crippen LogP contribution >= 0.6 is 0 Å². The molecule has 0 spiro atoms. The van der Waals surface area contributed by atoms with Gasteiger partial charge in [-0.05, 0) is 68.6 Å². The number of nitrogens with zero attached hydrogens (tertiary/aromatic N) is 2. The Hall–Kier alpha value is -4.79. The second-order valence-corrected chi connectivity index (χ2v) is 13.4. The molecule has 1 saturated heterocycles. The highest BCUT2D eigenvalue weighted by Gasteiger charge is 2.56. The Kier molecular flexibility index (Phi) is 8.67. The first-order valence-electron chi connectivity index (χ1n) is 16.5. The number of esters is 1. The molecule has 1 amide bonds. The van der Waals surface area contributed by atoms with Gasteiger partial charge in [0.05, 0.1) is 30.8 Å². The molecule has 270 valence electrons. The van der Waals surface area contributed by atoms with Gasteiger partial charge in [0, 0.05) is 47.8 Å². The van der Waals surface area contributed by atoms with E-state index >= 15 is 0 Å². The number of benzene rings is 3. The fourth-order valence-corrected chi connectivity index (χ4v) is 8.37. The largest absolute Gasteiger partial charge is 0.504 e. The number of nitrogens with one attached hydrogen (secondary N) is 1. The van der Waals surface area contributed by atoms with Gasteiger partial charge in [-0.2, -0.15) is 13.2 Å². The molecule has 0 radical (unpaired) electrons. The van der Waals surface area contributed by atoms with E-state index < -0.39 is 54.0 Å². The number of aliphatic hydroxyl groups excluding tert-OH is 1. The van der Waals surface area contributed by atoms with Crippen LogP contribution in [-0.4, -0.2) is 77.7 Å². The molecule has 2 bridgehead atoms. The number of phenolic OH excluding ortho intramolecular Hbond substituents is 1. The number of rotatable bonds is 6. The number of phenols is 1. The number of ether oxygens (including phenoxy) is 4. The number of carbonyl (C=O) groups is 2. The monoisotopic (exact) mass is 709 g/mol. The summed E-state index contributed by atoms with van der Waals surface area (Å²) in [6.07, 6.45) is -2.46. The van der Waals surface area contributed by atoms with E-state index in [0.29, 0.717) is 51.7 Å². The van der Waals surface area contributed by atoms with Gasteiger partial charge in [-0.1, -0.05) is 18.2 Å². The van der Waals surface area contributed by atoms with E-state index in [1.54, 1.807) is 6.92 Å². The van der Waals surface area contributed by atoms with Crippen molar-refractivity contribution in [2.24, 2.45) is 0 Å². The molecule has 4 aliphatic heterocycles. The number of amides is 1. The molecule has 4 aliphatic rings. The highest BCUT2D eigenvalue weighted by Crippen LogP contribution is 2.58. The zero-order valence-electron chi connectivity index (χ0n) is 28.6. The maximum Gasteiger partial charge on any atom is 0.416 e. The van der Waals surface area contributed by atoms with Crippen LogP contribution in [0, 0.1) is 13.8 Å². The molecule has 14 heteroatoms. The molecule has 4 heterocycles. The lowest BCUT2D eigenvalue weighted by Gasteiger charge is -2.60. The minimum atomic E-state index is -4.53. The summed E-state index contributed by atoms with van der Waals surface area (Å²) < 4.78 is 63.1. The van der Waals surface area contributed by atoms with Gasteiger partial charge in [0.2, 0.25) is 12.7 Å². The van der Waals surface area contributed by atoms with Gasteiger partial charge < -0.3 is 34.5 Å². The van der Waals surface area contributed by atoms with E-state index in [9.17, 15) is 33.0 Å². The summed E-state index contributed by atoms with van der Waals surface area (Å²) in [6.45, 7) is 4.76. The number of methoxy groups -OCH3 is 1. The van der Waals surface area contributed by atoms with Gasteiger partial charge in [-0.3, -0.25) is 19.4 Å². The summed E-state index contributed by atoms with van der Waals surface area (Å²) in [6, 6.07) is 4.48. The molecule has 11 nitrogen and oxygen atoms in total. The first-order valence-corrected chi connectivity index (χ1v) is 16.5. The first-order chi connectivity index (χ1) is 24.2. The number of hydrogen-bond donors (Lipinski definition) is 3. The quantitative estimate of drug-likeness (QED) is 0.188. The lowest BCUT2D eigenvalue weighted by atomic mass is 9.73. The SMILES string of the molecule is COc1c(C)cc2c(c1O)[C@@H]1[C@@H]3Cc4c(OC(C)=O)c(C)c5c(c4[C@H](CNC(=O)/C=C/c4cccc(C(F)(F)F)c4)N3[C@@H](O)[C@H](C2)N1C)OCO5.